The van der Waals surface area contributed by atoms with E-state index >= 15 is 0 Å². The van der Waals surface area contributed by atoms with Crippen molar-refractivity contribution in [2.75, 3.05) is 5.32 Å². The van der Waals surface area contributed by atoms with Gasteiger partial charge in [0.2, 0.25) is 0 Å². The summed E-state index contributed by atoms with van der Waals surface area (Å²) in [5.41, 5.74) is 1.49. The van der Waals surface area contributed by atoms with Gasteiger partial charge in [0.15, 0.2) is 11.6 Å². The van der Waals surface area contributed by atoms with Crippen molar-refractivity contribution in [3.8, 4) is 0 Å². The Morgan fingerprint density at radius 2 is 2.00 bits per heavy atom. The number of benzene rings is 1. The Morgan fingerprint density at radius 3 is 2.73 bits per heavy atom. The molecule has 1 aromatic carbocycles. The lowest BCUT2D eigenvalue weighted by Gasteiger charge is -2.06. The van der Waals surface area contributed by atoms with Crippen LogP contribution in [0.5, 0.6) is 0 Å². The summed E-state index contributed by atoms with van der Waals surface area (Å²) in [7, 11) is 0. The third kappa shape index (κ3) is 2.53. The van der Waals surface area contributed by atoms with Gasteiger partial charge in [-0.1, -0.05) is 11.6 Å². The molecule has 22 heavy (non-hydrogen) atoms. The molecular weight excluding hydrogens is 312 g/mol. The Bertz CT molecular complexity index is 892. The van der Waals surface area contributed by atoms with E-state index in [0.29, 0.717) is 22.1 Å². The van der Waals surface area contributed by atoms with E-state index in [1.807, 2.05) is 0 Å². The number of pyridine rings is 1. The van der Waals surface area contributed by atoms with Crippen LogP contribution in [-0.2, 0) is 0 Å². The van der Waals surface area contributed by atoms with E-state index in [1.54, 1.807) is 29.7 Å². The lowest BCUT2D eigenvalue weighted by molar-refractivity contribution is 0.102. The summed E-state index contributed by atoms with van der Waals surface area (Å²) in [6, 6.07) is 6.41. The molecule has 0 aliphatic heterocycles. The van der Waals surface area contributed by atoms with Crippen molar-refractivity contribution in [2.45, 2.75) is 6.92 Å². The maximum Gasteiger partial charge on any atom is 0.274 e. The van der Waals surface area contributed by atoms with E-state index in [0.717, 1.165) is 12.1 Å². The molecule has 0 atom stereocenters. The van der Waals surface area contributed by atoms with E-state index in [4.69, 9.17) is 11.6 Å². The maximum atomic E-state index is 13.2. The van der Waals surface area contributed by atoms with Gasteiger partial charge >= 0.3 is 0 Å². The number of nitrogens with zero attached hydrogens (tertiary/aromatic N) is 2. The number of amides is 1. The number of carbonyl (C=O) groups excluding carboxylic acids is 1. The first-order valence-electron chi connectivity index (χ1n) is 6.36. The first kappa shape index (κ1) is 14.5. The van der Waals surface area contributed by atoms with Gasteiger partial charge in [-0.15, -0.1) is 0 Å². The minimum atomic E-state index is -1.03. The number of rotatable bonds is 2. The summed E-state index contributed by atoms with van der Waals surface area (Å²) in [4.78, 5) is 16.6. The van der Waals surface area contributed by atoms with Crippen LogP contribution in [0.4, 0.5) is 14.5 Å². The van der Waals surface area contributed by atoms with Crippen LogP contribution in [0.2, 0.25) is 5.02 Å². The fourth-order valence-corrected chi connectivity index (χ4v) is 2.33. The highest BCUT2D eigenvalue weighted by Crippen LogP contribution is 2.19. The Morgan fingerprint density at radius 1 is 1.23 bits per heavy atom. The molecule has 2 heterocycles. The standard InChI is InChI=1S/C15H10ClF2N3O/c1-8-14(21-5-4-9(16)6-13(21)19-8)15(22)20-10-2-3-11(17)12(18)7-10/h2-7H,1H3,(H,20,22). The molecule has 3 aromatic rings. The molecule has 0 unspecified atom stereocenters. The highest BCUT2D eigenvalue weighted by atomic mass is 35.5. The minimum Gasteiger partial charge on any atom is -0.321 e. The molecule has 0 radical (unpaired) electrons. The SMILES string of the molecule is Cc1nc2cc(Cl)ccn2c1C(=O)Nc1ccc(F)c(F)c1. The molecule has 2 aromatic heterocycles. The number of anilines is 1. The molecule has 1 N–H and O–H groups in total. The summed E-state index contributed by atoms with van der Waals surface area (Å²) < 4.78 is 27.7. The van der Waals surface area contributed by atoms with Crippen molar-refractivity contribution in [3.05, 3.63) is 64.6 Å². The lowest BCUT2D eigenvalue weighted by Crippen LogP contribution is -2.15. The van der Waals surface area contributed by atoms with Crippen molar-refractivity contribution < 1.29 is 13.6 Å². The van der Waals surface area contributed by atoms with Gasteiger partial charge in [0.25, 0.3) is 5.91 Å². The van der Waals surface area contributed by atoms with Gasteiger partial charge in [0.05, 0.1) is 5.69 Å². The van der Waals surface area contributed by atoms with Crippen LogP contribution in [0.25, 0.3) is 5.65 Å². The van der Waals surface area contributed by atoms with Crippen LogP contribution in [0.1, 0.15) is 16.2 Å². The van der Waals surface area contributed by atoms with Gasteiger partial charge < -0.3 is 5.32 Å². The second kappa shape index (κ2) is 5.38. The summed E-state index contributed by atoms with van der Waals surface area (Å²) in [6.07, 6.45) is 1.62. The Balaban J connectivity index is 1.98. The molecule has 0 spiro atoms. The zero-order valence-electron chi connectivity index (χ0n) is 11.4. The minimum absolute atomic E-state index is 0.159. The van der Waals surface area contributed by atoms with Gasteiger partial charge in [-0.2, -0.15) is 0 Å². The highest BCUT2D eigenvalue weighted by Gasteiger charge is 2.17. The van der Waals surface area contributed by atoms with E-state index in [9.17, 15) is 13.6 Å². The van der Waals surface area contributed by atoms with Crippen LogP contribution in [0.3, 0.4) is 0 Å². The van der Waals surface area contributed by atoms with Crippen LogP contribution in [0.15, 0.2) is 36.5 Å². The Labute approximate surface area is 129 Å². The van der Waals surface area contributed by atoms with E-state index < -0.39 is 17.5 Å². The molecule has 7 heteroatoms. The van der Waals surface area contributed by atoms with E-state index in [1.165, 1.54) is 6.07 Å². The number of carbonyl (C=O) groups is 1. The van der Waals surface area contributed by atoms with Crippen LogP contribution >= 0.6 is 11.6 Å². The summed E-state index contributed by atoms with van der Waals surface area (Å²) in [5.74, 6) is -2.48. The van der Waals surface area contributed by atoms with E-state index in [-0.39, 0.29) is 5.69 Å². The molecule has 0 saturated carbocycles. The molecule has 0 aliphatic carbocycles. The first-order valence-corrected chi connectivity index (χ1v) is 6.74. The number of imidazole rings is 1. The predicted octanol–water partition coefficient (Wildman–Crippen LogP) is 3.83. The lowest BCUT2D eigenvalue weighted by atomic mass is 10.2. The second-order valence-electron chi connectivity index (χ2n) is 4.70. The molecule has 4 nitrogen and oxygen atoms in total. The van der Waals surface area contributed by atoms with Crippen molar-refractivity contribution in [3.63, 3.8) is 0 Å². The molecule has 0 bridgehead atoms. The Hall–Kier alpha value is -2.47. The molecule has 0 fully saturated rings. The van der Waals surface area contributed by atoms with Gasteiger partial charge in [-0.3, -0.25) is 9.20 Å². The average molecular weight is 322 g/mol. The topological polar surface area (TPSA) is 46.4 Å². The van der Waals surface area contributed by atoms with Gasteiger partial charge in [-0.25, -0.2) is 13.8 Å². The fourth-order valence-electron chi connectivity index (χ4n) is 2.18. The molecular formula is C15H10ClF2N3O. The second-order valence-corrected chi connectivity index (χ2v) is 5.14. The number of hydrogen-bond acceptors (Lipinski definition) is 2. The van der Waals surface area contributed by atoms with Crippen molar-refractivity contribution in [1.29, 1.82) is 0 Å². The monoisotopic (exact) mass is 321 g/mol. The number of nitrogens with one attached hydrogen (secondary N) is 1. The maximum absolute atomic E-state index is 13.2. The normalized spacial score (nSPS) is 10.9. The summed E-state index contributed by atoms with van der Waals surface area (Å²) in [6.45, 7) is 1.68. The molecule has 1 amide bonds. The third-order valence-electron chi connectivity index (χ3n) is 3.16. The number of fused-ring (bicyclic) bond motifs is 1. The number of halogens is 3. The van der Waals surface area contributed by atoms with Crippen LogP contribution in [0, 0.1) is 18.6 Å². The van der Waals surface area contributed by atoms with Gasteiger partial charge in [0.1, 0.15) is 11.3 Å². The molecule has 3 rings (SSSR count). The quantitative estimate of drug-likeness (QED) is 0.780. The summed E-state index contributed by atoms with van der Waals surface area (Å²) >= 11 is 5.89. The van der Waals surface area contributed by atoms with Crippen molar-refractivity contribution in [2.24, 2.45) is 0 Å². The molecule has 0 saturated heterocycles. The summed E-state index contributed by atoms with van der Waals surface area (Å²) in [5, 5.41) is 3.03. The number of hydrogen-bond donors (Lipinski definition) is 1. The van der Waals surface area contributed by atoms with Crippen molar-refractivity contribution >= 4 is 28.8 Å². The number of aromatic nitrogens is 2. The zero-order valence-corrected chi connectivity index (χ0v) is 12.2. The first-order chi connectivity index (χ1) is 10.5. The van der Waals surface area contributed by atoms with Crippen LogP contribution in [-0.4, -0.2) is 15.3 Å². The highest BCUT2D eigenvalue weighted by molar-refractivity contribution is 6.30. The molecule has 112 valence electrons. The van der Waals surface area contributed by atoms with Gasteiger partial charge in [-0.05, 0) is 25.1 Å². The Kier molecular flexibility index (Phi) is 3.54. The third-order valence-corrected chi connectivity index (χ3v) is 3.39. The van der Waals surface area contributed by atoms with E-state index in [2.05, 4.69) is 10.3 Å². The largest absolute Gasteiger partial charge is 0.321 e. The zero-order chi connectivity index (χ0) is 15.9. The van der Waals surface area contributed by atoms with Crippen molar-refractivity contribution in [1.82, 2.24) is 9.38 Å². The smallest absolute Gasteiger partial charge is 0.274 e. The van der Waals surface area contributed by atoms with Gasteiger partial charge in [0, 0.05) is 29.0 Å². The van der Waals surface area contributed by atoms with Crippen LogP contribution < -0.4 is 5.32 Å². The molecule has 0 aliphatic rings. The predicted molar refractivity (Wildman–Crippen MR) is 79.3 cm³/mol. The average Bonchev–Trinajstić information content (AvgIpc) is 2.78. The fraction of sp³-hybridized carbons (Fsp3) is 0.0667. The number of aryl methyl sites for hydroxylation is 1.